The van der Waals surface area contributed by atoms with Crippen LogP contribution in [0.3, 0.4) is 0 Å². The lowest BCUT2D eigenvalue weighted by Crippen LogP contribution is -2.43. The highest BCUT2D eigenvalue weighted by atomic mass is 16.2. The number of nitrogens with zero attached hydrogens (tertiary/aromatic N) is 4. The van der Waals surface area contributed by atoms with Crippen molar-refractivity contribution >= 4 is 35.4 Å². The molecule has 2 amide bonds. The maximum absolute atomic E-state index is 13.4. The van der Waals surface area contributed by atoms with E-state index in [4.69, 9.17) is 0 Å². The summed E-state index contributed by atoms with van der Waals surface area (Å²) >= 11 is 0. The summed E-state index contributed by atoms with van der Waals surface area (Å²) < 4.78 is 1.93. The van der Waals surface area contributed by atoms with Crippen molar-refractivity contribution in [3.05, 3.63) is 143 Å². The molecule has 0 spiro atoms. The highest BCUT2D eigenvalue weighted by Crippen LogP contribution is 2.35. The molecule has 4 aromatic carbocycles. The van der Waals surface area contributed by atoms with E-state index in [1.807, 2.05) is 82.6 Å². The van der Waals surface area contributed by atoms with Gasteiger partial charge in [0.15, 0.2) is 0 Å². The summed E-state index contributed by atoms with van der Waals surface area (Å²) in [6.07, 6.45) is 11.1. The molecule has 0 saturated heterocycles. The van der Waals surface area contributed by atoms with Crippen LogP contribution in [0.1, 0.15) is 81.5 Å². The fourth-order valence-corrected chi connectivity index (χ4v) is 7.73. The second-order valence-electron chi connectivity index (χ2n) is 15.8. The van der Waals surface area contributed by atoms with E-state index in [0.717, 1.165) is 106 Å². The number of unbranched alkanes of at least 4 members (excludes halogenated alkanes) is 3. The number of amides is 2. The van der Waals surface area contributed by atoms with Crippen LogP contribution in [0.15, 0.2) is 109 Å². The molecule has 0 aromatic heterocycles. The molecule has 0 N–H and O–H groups in total. The Bertz CT molecular complexity index is 1750. The van der Waals surface area contributed by atoms with E-state index < -0.39 is 0 Å². The average molecular weight is 697 g/mol. The predicted octanol–water partition coefficient (Wildman–Crippen LogP) is 8.79. The van der Waals surface area contributed by atoms with Gasteiger partial charge in [0.1, 0.15) is 0 Å². The number of benzene rings is 4. The quantitative estimate of drug-likeness (QED) is 0.0818. The molecule has 52 heavy (non-hydrogen) atoms. The summed E-state index contributed by atoms with van der Waals surface area (Å²) in [5.74, 6) is 0.230. The van der Waals surface area contributed by atoms with Gasteiger partial charge in [0, 0.05) is 48.2 Å². The first kappa shape index (κ1) is 37.0. The Morgan fingerprint density at radius 2 is 0.750 bits per heavy atom. The summed E-state index contributed by atoms with van der Waals surface area (Å²) in [5.41, 5.74) is 7.92. The zero-order valence-electron chi connectivity index (χ0n) is 31.6. The van der Waals surface area contributed by atoms with Gasteiger partial charge in [-0.3, -0.25) is 9.59 Å². The lowest BCUT2D eigenvalue weighted by Gasteiger charge is -2.31. The molecule has 0 aliphatic carbocycles. The molecule has 6 rings (SSSR count). The van der Waals surface area contributed by atoms with Crippen LogP contribution in [0.25, 0.3) is 23.5 Å². The number of fused-ring (bicyclic) bond motifs is 2. The Kier molecular flexibility index (Phi) is 11.9. The highest BCUT2D eigenvalue weighted by Gasteiger charge is 2.33. The van der Waals surface area contributed by atoms with E-state index in [-0.39, 0.29) is 11.8 Å². The molecule has 4 aromatic rings. The highest BCUT2D eigenvalue weighted by molar-refractivity contribution is 6.12. The fourth-order valence-electron chi connectivity index (χ4n) is 7.73. The van der Waals surface area contributed by atoms with Crippen LogP contribution in [0, 0.1) is 0 Å². The van der Waals surface area contributed by atoms with E-state index in [9.17, 15) is 9.59 Å². The first-order chi connectivity index (χ1) is 25.1. The average Bonchev–Trinajstić information content (AvgIpc) is 3.56. The normalized spacial score (nSPS) is 15.9. The van der Waals surface area contributed by atoms with Gasteiger partial charge in [-0.15, -0.1) is 0 Å². The Balaban J connectivity index is 0.911. The number of carbonyl (C=O) groups is 2. The Morgan fingerprint density at radius 1 is 0.423 bits per heavy atom. The van der Waals surface area contributed by atoms with Crippen molar-refractivity contribution in [1.82, 2.24) is 9.80 Å². The molecule has 0 saturated carbocycles. The second-order valence-corrected chi connectivity index (χ2v) is 15.8. The zero-order valence-corrected chi connectivity index (χ0v) is 31.6. The van der Waals surface area contributed by atoms with Crippen LogP contribution < -0.4 is 0 Å². The number of rotatable bonds is 17. The molecule has 6 heteroatoms. The summed E-state index contributed by atoms with van der Waals surface area (Å²) in [5, 5.41) is 0. The lowest BCUT2D eigenvalue weighted by molar-refractivity contribution is -0.891. The van der Waals surface area contributed by atoms with E-state index >= 15 is 0 Å². The van der Waals surface area contributed by atoms with Crippen LogP contribution in [0.5, 0.6) is 0 Å². The predicted molar refractivity (Wildman–Crippen MR) is 215 cm³/mol. The molecular weight excluding hydrogens is 641 g/mol. The topological polar surface area (TPSA) is 40.6 Å². The van der Waals surface area contributed by atoms with Gasteiger partial charge in [-0.1, -0.05) is 97.1 Å². The zero-order chi connectivity index (χ0) is 36.6. The van der Waals surface area contributed by atoms with E-state index in [1.165, 1.54) is 25.7 Å². The van der Waals surface area contributed by atoms with Crippen molar-refractivity contribution in [2.24, 2.45) is 0 Å². The molecule has 2 heterocycles. The van der Waals surface area contributed by atoms with Gasteiger partial charge in [0.05, 0.1) is 65.8 Å². The minimum Gasteiger partial charge on any atom is -0.328 e. The first-order valence-electron chi connectivity index (χ1n) is 19.1. The maximum Gasteiger partial charge on any atom is 0.258 e. The van der Waals surface area contributed by atoms with Crippen molar-refractivity contribution < 1.29 is 18.6 Å². The minimum atomic E-state index is 0.115. The third-order valence-corrected chi connectivity index (χ3v) is 10.7. The largest absolute Gasteiger partial charge is 0.328 e. The van der Waals surface area contributed by atoms with E-state index in [2.05, 4.69) is 76.7 Å². The van der Waals surface area contributed by atoms with Crippen LogP contribution in [-0.4, -0.2) is 98.0 Å². The number of quaternary nitrogens is 2. The van der Waals surface area contributed by atoms with Crippen molar-refractivity contribution in [2.75, 3.05) is 67.5 Å². The lowest BCUT2D eigenvalue weighted by atomic mass is 10.1. The molecule has 0 fully saturated rings. The van der Waals surface area contributed by atoms with Crippen molar-refractivity contribution in [1.29, 1.82) is 0 Å². The molecule has 0 unspecified atom stereocenters. The third-order valence-electron chi connectivity index (χ3n) is 10.7. The summed E-state index contributed by atoms with van der Waals surface area (Å²) in [6.45, 7) is 5.81. The Labute approximate surface area is 311 Å². The summed E-state index contributed by atoms with van der Waals surface area (Å²) in [6, 6.07) is 36.6. The third kappa shape index (κ3) is 9.17. The van der Waals surface area contributed by atoms with Gasteiger partial charge < -0.3 is 18.8 Å². The molecule has 0 atom stereocenters. The van der Waals surface area contributed by atoms with Crippen LogP contribution in [-0.2, 0) is 0 Å². The van der Waals surface area contributed by atoms with E-state index in [1.54, 1.807) is 0 Å². The van der Waals surface area contributed by atoms with Crippen LogP contribution in [0.4, 0.5) is 0 Å². The molecule has 2 aliphatic heterocycles. The number of carbonyl (C=O) groups excluding carboxylic acids is 2. The van der Waals surface area contributed by atoms with Gasteiger partial charge >= 0.3 is 0 Å². The van der Waals surface area contributed by atoms with Gasteiger partial charge in [-0.25, -0.2) is 0 Å². The minimum absolute atomic E-state index is 0.115. The molecular formula is C46H56N4O2+2. The number of hydrogen-bond acceptors (Lipinski definition) is 2. The molecule has 2 aliphatic rings. The standard InChI is InChI=1S/C46H56N4O2/c1-49(2,33-19-29-47-43(35-37-21-9-7-10-22-37)39-25-13-15-27-41(39)45(47)51)31-17-5-6-18-32-50(3,4)34-20-30-48-44(36-38-23-11-8-12-24-38)40-26-14-16-28-42(40)46(48)52/h7-16,21-28,35-36H,5-6,17-20,29-34H2,1-4H3/q+2/b43-35-,44-36-. The van der Waals surface area contributed by atoms with Crippen LogP contribution >= 0.6 is 0 Å². The monoisotopic (exact) mass is 696 g/mol. The van der Waals surface area contributed by atoms with Crippen molar-refractivity contribution in [2.45, 2.75) is 38.5 Å². The van der Waals surface area contributed by atoms with E-state index in [0.29, 0.717) is 0 Å². The molecule has 0 bridgehead atoms. The number of hydrogen-bond donors (Lipinski definition) is 0. The second kappa shape index (κ2) is 16.7. The smallest absolute Gasteiger partial charge is 0.258 e. The van der Waals surface area contributed by atoms with Gasteiger partial charge in [0.25, 0.3) is 11.8 Å². The maximum atomic E-state index is 13.4. The molecule has 6 nitrogen and oxygen atoms in total. The van der Waals surface area contributed by atoms with Crippen molar-refractivity contribution in [3.8, 4) is 0 Å². The van der Waals surface area contributed by atoms with Gasteiger partial charge in [-0.05, 0) is 61.1 Å². The first-order valence-corrected chi connectivity index (χ1v) is 19.1. The van der Waals surface area contributed by atoms with Crippen LogP contribution in [0.2, 0.25) is 0 Å². The molecule has 0 radical (unpaired) electrons. The Morgan fingerprint density at radius 3 is 1.13 bits per heavy atom. The molecule has 270 valence electrons. The Hall–Kier alpha value is -4.78. The fraction of sp³-hybridized carbons (Fsp3) is 0.348. The van der Waals surface area contributed by atoms with Gasteiger partial charge in [-0.2, -0.15) is 0 Å². The SMILES string of the molecule is C[N+](C)(CCCCCC[N+](C)(C)CCCN1C(=O)c2ccccc2/C1=C/c1ccccc1)CCCN1C(=O)c2ccccc2/C1=C/c1ccccc1. The van der Waals surface area contributed by atoms with Gasteiger partial charge in [0.2, 0.25) is 0 Å². The van der Waals surface area contributed by atoms with Crippen molar-refractivity contribution in [3.63, 3.8) is 0 Å². The summed E-state index contributed by atoms with van der Waals surface area (Å²) in [4.78, 5) is 30.8. The summed E-state index contributed by atoms with van der Waals surface area (Å²) in [7, 11) is 9.30.